The molecule has 2 aliphatic rings. The van der Waals surface area contributed by atoms with Crippen molar-refractivity contribution in [3.63, 3.8) is 0 Å². The molecule has 1 aromatic rings. The first-order valence-corrected chi connectivity index (χ1v) is 12.1. The first-order valence-electron chi connectivity index (χ1n) is 9.18. The van der Waals surface area contributed by atoms with Gasteiger partial charge in [0.25, 0.3) is 5.56 Å². The van der Waals surface area contributed by atoms with Gasteiger partial charge in [-0.25, -0.2) is 4.79 Å². The minimum Gasteiger partial charge on any atom is -0.408 e. The lowest BCUT2D eigenvalue weighted by Crippen LogP contribution is -2.53. The molecule has 146 valence electrons. The highest BCUT2D eigenvalue weighted by atomic mass is 28.4. The molecule has 2 saturated heterocycles. The number of nitrogens with one attached hydrogen (secondary N) is 1. The fourth-order valence-electron chi connectivity index (χ4n) is 3.43. The van der Waals surface area contributed by atoms with E-state index < -0.39 is 31.4 Å². The first kappa shape index (κ1) is 19.5. The summed E-state index contributed by atoms with van der Waals surface area (Å²) in [4.78, 5) is 25.9. The van der Waals surface area contributed by atoms with E-state index in [1.54, 1.807) is 0 Å². The van der Waals surface area contributed by atoms with Gasteiger partial charge in [-0.2, -0.15) is 0 Å². The molecule has 3 heterocycles. The van der Waals surface area contributed by atoms with E-state index in [4.69, 9.17) is 13.9 Å². The van der Waals surface area contributed by atoms with E-state index in [0.29, 0.717) is 6.61 Å². The predicted molar refractivity (Wildman–Crippen MR) is 101 cm³/mol. The number of fused-ring (bicyclic) bond motifs is 2. The van der Waals surface area contributed by atoms with E-state index in [0.717, 1.165) is 0 Å². The highest BCUT2D eigenvalue weighted by Gasteiger charge is 2.65. The lowest BCUT2D eigenvalue weighted by molar-refractivity contribution is -0.190. The van der Waals surface area contributed by atoms with Crippen molar-refractivity contribution in [1.82, 2.24) is 9.55 Å². The van der Waals surface area contributed by atoms with Crippen LogP contribution in [0.15, 0.2) is 21.9 Å². The van der Waals surface area contributed by atoms with Crippen LogP contribution in [0.1, 0.15) is 40.8 Å². The van der Waals surface area contributed by atoms with Crippen LogP contribution in [-0.4, -0.2) is 42.3 Å². The van der Waals surface area contributed by atoms with Crippen LogP contribution in [0.5, 0.6) is 0 Å². The maximum absolute atomic E-state index is 12.3. The molecule has 0 amide bonds. The molecule has 0 aromatic carbocycles. The topological polar surface area (TPSA) is 82.6 Å². The molecule has 4 atom stereocenters. The van der Waals surface area contributed by atoms with Crippen LogP contribution < -0.4 is 11.2 Å². The molecule has 7 nitrogen and oxygen atoms in total. The van der Waals surface area contributed by atoms with Crippen LogP contribution in [0.4, 0.5) is 0 Å². The number of nitrogens with zero attached hydrogens (tertiary/aromatic N) is 1. The molecule has 2 fully saturated rings. The molecule has 26 heavy (non-hydrogen) atoms. The van der Waals surface area contributed by atoms with E-state index >= 15 is 0 Å². The average molecular weight is 383 g/mol. The van der Waals surface area contributed by atoms with E-state index in [1.165, 1.54) is 16.8 Å². The molecule has 0 aliphatic carbocycles. The summed E-state index contributed by atoms with van der Waals surface area (Å²) in [6.07, 6.45) is 0.237. The maximum Gasteiger partial charge on any atom is 0.330 e. The van der Waals surface area contributed by atoms with Crippen LogP contribution in [0.25, 0.3) is 0 Å². The molecule has 8 heteroatoms. The molecule has 0 unspecified atom stereocenters. The van der Waals surface area contributed by atoms with E-state index in [1.807, 2.05) is 0 Å². The Labute approximate surface area is 154 Å². The second-order valence-corrected chi connectivity index (χ2v) is 14.0. The van der Waals surface area contributed by atoms with Gasteiger partial charge in [0, 0.05) is 12.3 Å². The lowest BCUT2D eigenvalue weighted by atomic mass is 9.87. The van der Waals surface area contributed by atoms with Crippen LogP contribution >= 0.6 is 0 Å². The Morgan fingerprint density at radius 2 is 2.00 bits per heavy atom. The van der Waals surface area contributed by atoms with E-state index in [2.05, 4.69) is 52.7 Å². The van der Waals surface area contributed by atoms with Gasteiger partial charge in [-0.3, -0.25) is 14.3 Å². The largest absolute Gasteiger partial charge is 0.408 e. The molecule has 0 spiro atoms. The third-order valence-electron chi connectivity index (χ3n) is 6.23. The number of ether oxygens (including phenoxy) is 2. The highest BCUT2D eigenvalue weighted by Crippen LogP contribution is 2.52. The quantitative estimate of drug-likeness (QED) is 0.808. The summed E-state index contributed by atoms with van der Waals surface area (Å²) in [5, 5.41) is 0.0531. The normalized spacial score (nSPS) is 31.8. The number of H-pyrrole nitrogens is 1. The smallest absolute Gasteiger partial charge is 0.330 e. The van der Waals surface area contributed by atoms with Gasteiger partial charge in [-0.1, -0.05) is 34.6 Å². The number of hydrogen-bond acceptors (Lipinski definition) is 5. The fraction of sp³-hybridized carbons (Fsp3) is 0.778. The van der Waals surface area contributed by atoms with Crippen molar-refractivity contribution >= 4 is 8.32 Å². The summed E-state index contributed by atoms with van der Waals surface area (Å²) >= 11 is 0. The zero-order valence-corrected chi connectivity index (χ0v) is 17.7. The first-order chi connectivity index (χ1) is 11.9. The van der Waals surface area contributed by atoms with Crippen LogP contribution in [0.2, 0.25) is 18.1 Å². The number of aromatic nitrogens is 2. The lowest BCUT2D eigenvalue weighted by Gasteiger charge is -2.42. The predicted octanol–water partition coefficient (Wildman–Crippen LogP) is 2.25. The van der Waals surface area contributed by atoms with Crippen molar-refractivity contribution in [1.29, 1.82) is 0 Å². The number of aromatic amines is 1. The van der Waals surface area contributed by atoms with Crippen molar-refractivity contribution in [2.75, 3.05) is 6.61 Å². The summed E-state index contributed by atoms with van der Waals surface area (Å²) in [6, 6.07) is 1.32. The van der Waals surface area contributed by atoms with Gasteiger partial charge in [-0.05, 0) is 24.1 Å². The molecule has 0 saturated carbocycles. The van der Waals surface area contributed by atoms with Crippen molar-refractivity contribution in [3.05, 3.63) is 33.1 Å². The Bertz CT molecular complexity index is 794. The second kappa shape index (κ2) is 6.15. The van der Waals surface area contributed by atoms with Crippen molar-refractivity contribution in [2.45, 2.75) is 76.8 Å². The van der Waals surface area contributed by atoms with Gasteiger partial charge in [0.1, 0.15) is 17.8 Å². The van der Waals surface area contributed by atoms with Crippen molar-refractivity contribution in [3.8, 4) is 0 Å². The Morgan fingerprint density at radius 1 is 1.35 bits per heavy atom. The zero-order valence-electron chi connectivity index (χ0n) is 16.7. The molecular formula is C18H30N2O5Si. The molecule has 0 radical (unpaired) electrons. The summed E-state index contributed by atoms with van der Waals surface area (Å²) in [5.41, 5.74) is -1.52. The second-order valence-electron chi connectivity index (χ2n) is 9.21. The summed E-state index contributed by atoms with van der Waals surface area (Å²) in [6.45, 7) is 15.6. The Kier molecular flexibility index (Phi) is 4.62. The number of hydrogen-bond donors (Lipinski definition) is 1. The summed E-state index contributed by atoms with van der Waals surface area (Å²) in [7, 11) is -2.06. The SMILES string of the molecule is CC(C)[C@@]12CO[C@@H]([C@H](n3ccc(=O)[nH]c3=O)O1)[C@H]2O[Si](C)(C)C(C)(C)C. The van der Waals surface area contributed by atoms with E-state index in [9.17, 15) is 9.59 Å². The molecule has 2 bridgehead atoms. The van der Waals surface area contributed by atoms with Crippen molar-refractivity contribution in [2.24, 2.45) is 5.92 Å². The van der Waals surface area contributed by atoms with Gasteiger partial charge in [-0.15, -0.1) is 0 Å². The third kappa shape index (κ3) is 2.92. The summed E-state index contributed by atoms with van der Waals surface area (Å²) < 4.78 is 20.6. The fourth-order valence-corrected chi connectivity index (χ4v) is 4.76. The highest BCUT2D eigenvalue weighted by molar-refractivity contribution is 6.74. The molecule has 1 aromatic heterocycles. The van der Waals surface area contributed by atoms with Crippen molar-refractivity contribution < 1.29 is 13.9 Å². The zero-order chi connectivity index (χ0) is 19.5. The van der Waals surface area contributed by atoms with Crippen LogP contribution in [-0.2, 0) is 13.9 Å². The van der Waals surface area contributed by atoms with E-state index in [-0.39, 0.29) is 23.2 Å². The Morgan fingerprint density at radius 3 is 2.54 bits per heavy atom. The maximum atomic E-state index is 12.3. The minimum absolute atomic E-state index is 0.0531. The van der Waals surface area contributed by atoms with Gasteiger partial charge in [0.05, 0.1) is 6.61 Å². The van der Waals surface area contributed by atoms with Gasteiger partial charge in [0.15, 0.2) is 14.5 Å². The average Bonchev–Trinajstić information content (AvgIpc) is 2.99. The van der Waals surface area contributed by atoms with Gasteiger partial charge >= 0.3 is 5.69 Å². The van der Waals surface area contributed by atoms with Crippen LogP contribution in [0, 0.1) is 5.92 Å². The molecule has 2 aliphatic heterocycles. The van der Waals surface area contributed by atoms with Gasteiger partial charge in [0.2, 0.25) is 0 Å². The molecule has 3 rings (SSSR count). The minimum atomic E-state index is -2.06. The number of rotatable bonds is 4. The molecule has 1 N–H and O–H groups in total. The monoisotopic (exact) mass is 382 g/mol. The molecular weight excluding hydrogens is 352 g/mol. The standard InChI is InChI=1S/C18H30N2O5Si/c1-11(2)18-10-23-13(14(18)25-26(6,7)17(3,4)5)15(24-18)20-9-8-12(21)19-16(20)22/h8-9,11,13-15H,10H2,1-7H3,(H,19,21,22)/t13-,14-,15-,18-/m1/s1. The Hall–Kier alpha value is -1.22. The summed E-state index contributed by atoms with van der Waals surface area (Å²) in [5.74, 6) is 0.158. The van der Waals surface area contributed by atoms with Gasteiger partial charge < -0.3 is 13.9 Å². The third-order valence-corrected chi connectivity index (χ3v) is 10.7. The van der Waals surface area contributed by atoms with Crippen LogP contribution in [0.3, 0.4) is 0 Å². The Balaban J connectivity index is 2.00.